The fourth-order valence-electron chi connectivity index (χ4n) is 8.13. The van der Waals surface area contributed by atoms with Crippen LogP contribution >= 0.6 is 0 Å². The fraction of sp³-hybridized carbons (Fsp3) is 0. The molecule has 0 spiro atoms. The lowest BCUT2D eigenvalue weighted by Gasteiger charge is -2.20. The van der Waals surface area contributed by atoms with Crippen molar-refractivity contribution in [1.82, 2.24) is 0 Å². The van der Waals surface area contributed by atoms with E-state index in [0.717, 1.165) is 0 Å². The second-order valence-electron chi connectivity index (χ2n) is 13.7. The fourth-order valence-corrected chi connectivity index (χ4v) is 8.13. The van der Waals surface area contributed by atoms with E-state index in [1.165, 1.54) is 98.7 Å². The lowest BCUT2D eigenvalue weighted by atomic mass is 9.83. The van der Waals surface area contributed by atoms with Gasteiger partial charge in [-0.05, 0) is 123 Å². The summed E-state index contributed by atoms with van der Waals surface area (Å²) in [7, 11) is 0. The van der Waals surface area contributed by atoms with Crippen molar-refractivity contribution in [2.45, 2.75) is 0 Å². The van der Waals surface area contributed by atoms with Crippen molar-refractivity contribution >= 4 is 43.1 Å². The van der Waals surface area contributed by atoms with E-state index < -0.39 is 0 Å². The van der Waals surface area contributed by atoms with Crippen LogP contribution in [0.25, 0.3) is 98.7 Å². The Hall–Kier alpha value is -6.76. The minimum absolute atomic E-state index is 1.21. The van der Waals surface area contributed by atoms with E-state index in [-0.39, 0.29) is 0 Å². The number of hydrogen-bond donors (Lipinski definition) is 0. The summed E-state index contributed by atoms with van der Waals surface area (Å²) in [4.78, 5) is 0. The van der Waals surface area contributed by atoms with Gasteiger partial charge in [0, 0.05) is 0 Å². The standard InChI is InChI=1S/C52H34/c1-3-13-35(14-4-1)40-28-30-48-49(33-40)51(43-22-11-21-42(32-43)46-24-12-20-38-18-9-10-23-45(38)46)47-29-27-41(36-15-5-2-6-16-36)34-50(47)52(48)44-26-25-37-17-7-8-19-39(37)31-44/h1-34H. The van der Waals surface area contributed by atoms with Crippen LogP contribution in [0.5, 0.6) is 0 Å². The Morgan fingerprint density at radius 1 is 0.192 bits per heavy atom. The third-order valence-electron chi connectivity index (χ3n) is 10.6. The number of hydrogen-bond acceptors (Lipinski definition) is 0. The molecule has 0 fully saturated rings. The predicted octanol–water partition coefficient (Wildman–Crippen LogP) is 14.6. The van der Waals surface area contributed by atoms with Crippen molar-refractivity contribution in [2.24, 2.45) is 0 Å². The molecule has 0 heteroatoms. The molecule has 242 valence electrons. The maximum atomic E-state index is 2.42. The largest absolute Gasteiger partial charge is 0.0622 e. The van der Waals surface area contributed by atoms with Crippen LogP contribution in [-0.4, -0.2) is 0 Å². The summed E-state index contributed by atoms with van der Waals surface area (Å²) in [5.74, 6) is 0. The summed E-state index contributed by atoms with van der Waals surface area (Å²) < 4.78 is 0. The number of fused-ring (bicyclic) bond motifs is 4. The molecule has 0 bridgehead atoms. The molecular formula is C52H34. The average molecular weight is 659 g/mol. The summed E-state index contributed by atoms with van der Waals surface area (Å²) in [6.07, 6.45) is 0. The molecule has 0 radical (unpaired) electrons. The average Bonchev–Trinajstić information content (AvgIpc) is 3.22. The van der Waals surface area contributed by atoms with Crippen LogP contribution in [0.1, 0.15) is 0 Å². The minimum atomic E-state index is 1.21. The Balaban J connectivity index is 1.32. The van der Waals surface area contributed by atoms with Gasteiger partial charge in [-0.15, -0.1) is 0 Å². The molecular weight excluding hydrogens is 625 g/mol. The van der Waals surface area contributed by atoms with Gasteiger partial charge in [-0.1, -0.05) is 182 Å². The smallest absolute Gasteiger partial charge is 0.00259 e. The lowest BCUT2D eigenvalue weighted by molar-refractivity contribution is 1.61. The van der Waals surface area contributed by atoms with Gasteiger partial charge in [-0.25, -0.2) is 0 Å². The molecule has 0 aliphatic carbocycles. The van der Waals surface area contributed by atoms with E-state index in [9.17, 15) is 0 Å². The molecule has 10 aromatic carbocycles. The van der Waals surface area contributed by atoms with E-state index in [0.29, 0.717) is 0 Å². The highest BCUT2D eigenvalue weighted by Crippen LogP contribution is 2.47. The van der Waals surface area contributed by atoms with Gasteiger partial charge < -0.3 is 0 Å². The maximum Gasteiger partial charge on any atom is -0.00259 e. The molecule has 0 amide bonds. The van der Waals surface area contributed by atoms with Crippen molar-refractivity contribution in [2.75, 3.05) is 0 Å². The monoisotopic (exact) mass is 658 g/mol. The summed E-state index contributed by atoms with van der Waals surface area (Å²) >= 11 is 0. The maximum absolute atomic E-state index is 2.42. The summed E-state index contributed by atoms with van der Waals surface area (Å²) in [5, 5.41) is 10.0. The van der Waals surface area contributed by atoms with Gasteiger partial charge in [-0.3, -0.25) is 0 Å². The van der Waals surface area contributed by atoms with Crippen molar-refractivity contribution in [1.29, 1.82) is 0 Å². The van der Waals surface area contributed by atoms with Crippen LogP contribution in [0.3, 0.4) is 0 Å². The first-order valence-electron chi connectivity index (χ1n) is 18.0. The number of rotatable bonds is 5. The zero-order valence-corrected chi connectivity index (χ0v) is 28.6. The molecule has 0 unspecified atom stereocenters. The highest BCUT2D eigenvalue weighted by Gasteiger charge is 2.19. The van der Waals surface area contributed by atoms with Gasteiger partial charge in [0.15, 0.2) is 0 Å². The lowest BCUT2D eigenvalue weighted by Crippen LogP contribution is -1.93. The van der Waals surface area contributed by atoms with E-state index in [1.54, 1.807) is 0 Å². The van der Waals surface area contributed by atoms with Crippen molar-refractivity contribution in [3.05, 3.63) is 206 Å². The topological polar surface area (TPSA) is 0 Å². The van der Waals surface area contributed by atoms with Gasteiger partial charge >= 0.3 is 0 Å². The Morgan fingerprint density at radius 2 is 0.673 bits per heavy atom. The van der Waals surface area contributed by atoms with Gasteiger partial charge in [0.05, 0.1) is 0 Å². The highest BCUT2D eigenvalue weighted by molar-refractivity contribution is 6.23. The predicted molar refractivity (Wildman–Crippen MR) is 224 cm³/mol. The second kappa shape index (κ2) is 12.5. The highest BCUT2D eigenvalue weighted by atomic mass is 14.2. The zero-order valence-electron chi connectivity index (χ0n) is 28.6. The molecule has 0 aromatic heterocycles. The first-order chi connectivity index (χ1) is 25.8. The van der Waals surface area contributed by atoms with Crippen molar-refractivity contribution in [3.63, 3.8) is 0 Å². The molecule has 10 rings (SSSR count). The van der Waals surface area contributed by atoms with E-state index in [4.69, 9.17) is 0 Å². The van der Waals surface area contributed by atoms with Crippen LogP contribution in [0, 0.1) is 0 Å². The van der Waals surface area contributed by atoms with Crippen molar-refractivity contribution < 1.29 is 0 Å². The van der Waals surface area contributed by atoms with Gasteiger partial charge in [0.2, 0.25) is 0 Å². The normalized spacial score (nSPS) is 11.5. The van der Waals surface area contributed by atoms with Crippen LogP contribution < -0.4 is 0 Å². The quantitative estimate of drug-likeness (QED) is 0.161. The van der Waals surface area contributed by atoms with E-state index in [1.807, 2.05) is 0 Å². The molecule has 0 N–H and O–H groups in total. The van der Waals surface area contributed by atoms with E-state index >= 15 is 0 Å². The SMILES string of the molecule is c1ccc(-c2ccc3c(-c4ccc5ccccc5c4)c4cc(-c5ccccc5)ccc4c(-c4cccc(-c5cccc6ccccc56)c4)c3c2)cc1. The third-order valence-corrected chi connectivity index (χ3v) is 10.6. The Labute approximate surface area is 303 Å². The van der Waals surface area contributed by atoms with Crippen molar-refractivity contribution in [3.8, 4) is 55.6 Å². The van der Waals surface area contributed by atoms with Crippen LogP contribution in [0.4, 0.5) is 0 Å². The van der Waals surface area contributed by atoms with E-state index in [2.05, 4.69) is 206 Å². The first kappa shape index (κ1) is 30.1. The molecule has 0 aliphatic rings. The third kappa shape index (κ3) is 5.16. The first-order valence-corrected chi connectivity index (χ1v) is 18.0. The zero-order chi connectivity index (χ0) is 34.4. The summed E-state index contributed by atoms with van der Waals surface area (Å²) in [6.45, 7) is 0. The van der Waals surface area contributed by atoms with Crippen LogP contribution in [0.2, 0.25) is 0 Å². The molecule has 10 aromatic rings. The van der Waals surface area contributed by atoms with Crippen LogP contribution in [-0.2, 0) is 0 Å². The Morgan fingerprint density at radius 3 is 1.35 bits per heavy atom. The number of benzene rings is 10. The van der Waals surface area contributed by atoms with Crippen LogP contribution in [0.15, 0.2) is 206 Å². The minimum Gasteiger partial charge on any atom is -0.0622 e. The molecule has 0 saturated carbocycles. The molecule has 0 saturated heterocycles. The Bertz CT molecular complexity index is 2930. The molecule has 0 aliphatic heterocycles. The summed E-state index contributed by atoms with van der Waals surface area (Å²) in [6, 6.07) is 75.7. The van der Waals surface area contributed by atoms with Gasteiger partial charge in [0.1, 0.15) is 0 Å². The molecule has 0 nitrogen and oxygen atoms in total. The molecule has 0 heterocycles. The molecule has 52 heavy (non-hydrogen) atoms. The van der Waals surface area contributed by atoms with Gasteiger partial charge in [0.25, 0.3) is 0 Å². The summed E-state index contributed by atoms with van der Waals surface area (Å²) in [5.41, 5.74) is 12.3. The second-order valence-corrected chi connectivity index (χ2v) is 13.7. The Kier molecular flexibility index (Phi) is 7.25. The van der Waals surface area contributed by atoms with Gasteiger partial charge in [-0.2, -0.15) is 0 Å². The molecule has 0 atom stereocenters.